The third-order valence-electron chi connectivity index (χ3n) is 3.40. The van der Waals surface area contributed by atoms with Gasteiger partial charge in [0, 0.05) is 11.6 Å². The van der Waals surface area contributed by atoms with Crippen molar-refractivity contribution in [2.75, 3.05) is 0 Å². The second-order valence-corrected chi connectivity index (χ2v) is 5.08. The van der Waals surface area contributed by atoms with E-state index < -0.39 is 0 Å². The van der Waals surface area contributed by atoms with Gasteiger partial charge >= 0.3 is 0 Å². The number of nitrogens with one attached hydrogen (secondary N) is 1. The number of fused-ring (bicyclic) bond motifs is 1. The van der Waals surface area contributed by atoms with E-state index in [-0.39, 0.29) is 28.5 Å². The van der Waals surface area contributed by atoms with Crippen LogP contribution in [0.25, 0.3) is 11.0 Å². The Morgan fingerprint density at radius 2 is 1.96 bits per heavy atom. The highest BCUT2D eigenvalue weighted by Gasteiger charge is 2.10. The molecule has 0 fully saturated rings. The third kappa shape index (κ3) is 3.11. The second-order valence-electron chi connectivity index (χ2n) is 5.08. The molecule has 126 valence electrons. The zero-order valence-corrected chi connectivity index (χ0v) is 12.8. The lowest BCUT2D eigenvalue weighted by atomic mass is 10.2. The fraction of sp³-hybridized carbons (Fsp3) is 0. The Labute approximate surface area is 141 Å². The number of aromatic nitrogens is 2. The summed E-state index contributed by atoms with van der Waals surface area (Å²) < 4.78 is 0.662. The highest BCUT2D eigenvalue weighted by atomic mass is 16.5. The predicted molar refractivity (Wildman–Crippen MR) is 90.9 cm³/mol. The molecule has 9 heteroatoms. The van der Waals surface area contributed by atoms with Gasteiger partial charge in [0.05, 0.1) is 11.7 Å². The van der Waals surface area contributed by atoms with Gasteiger partial charge in [-0.3, -0.25) is 5.41 Å². The molecule has 9 nitrogen and oxygen atoms in total. The van der Waals surface area contributed by atoms with Gasteiger partial charge in [-0.25, -0.2) is 4.98 Å². The second kappa shape index (κ2) is 6.32. The van der Waals surface area contributed by atoms with E-state index in [1.54, 1.807) is 24.3 Å². The maximum Gasteiger partial charge on any atom is 0.191 e. The van der Waals surface area contributed by atoms with Crippen molar-refractivity contribution in [2.24, 2.45) is 15.9 Å². The summed E-state index contributed by atoms with van der Waals surface area (Å²) in [5.74, 6) is -0.423. The van der Waals surface area contributed by atoms with Crippen LogP contribution in [0.3, 0.4) is 0 Å². The highest BCUT2D eigenvalue weighted by molar-refractivity contribution is 5.97. The molecule has 0 aliphatic rings. The molecular weight excluding hydrogens is 324 g/mol. The first kappa shape index (κ1) is 16.0. The number of nitrogens with zero attached hydrogens (tertiary/aromatic N) is 4. The molecule has 0 atom stereocenters. The minimum Gasteiger partial charge on any atom is -0.508 e. The lowest BCUT2D eigenvalue weighted by molar-refractivity contribution is 0.183. The summed E-state index contributed by atoms with van der Waals surface area (Å²) in [5.41, 5.74) is 6.57. The van der Waals surface area contributed by atoms with Crippen LogP contribution in [0.15, 0.2) is 52.7 Å². The van der Waals surface area contributed by atoms with Gasteiger partial charge < -0.3 is 21.2 Å². The van der Waals surface area contributed by atoms with Crippen LogP contribution in [0.5, 0.6) is 11.5 Å². The first-order valence-corrected chi connectivity index (χ1v) is 7.12. The monoisotopic (exact) mass is 338 g/mol. The number of amidine groups is 1. The molecular formula is C16H14N6O3. The zero-order chi connectivity index (χ0) is 18.0. The molecule has 0 aliphatic carbocycles. The number of phenols is 2. The van der Waals surface area contributed by atoms with Crippen molar-refractivity contribution in [1.29, 1.82) is 5.41 Å². The highest BCUT2D eigenvalue weighted by Crippen LogP contribution is 2.20. The van der Waals surface area contributed by atoms with E-state index in [0.29, 0.717) is 21.3 Å². The molecule has 0 spiro atoms. The molecule has 6 N–H and O–H groups in total. The molecule has 0 amide bonds. The largest absolute Gasteiger partial charge is 0.508 e. The smallest absolute Gasteiger partial charge is 0.191 e. The molecule has 0 saturated carbocycles. The summed E-state index contributed by atoms with van der Waals surface area (Å²) in [6, 6.07) is 10.7. The Balaban J connectivity index is 1.97. The normalized spacial score (nSPS) is 12.1. The lowest BCUT2D eigenvalue weighted by Gasteiger charge is -2.06. The molecule has 1 heterocycles. The molecule has 0 bridgehead atoms. The van der Waals surface area contributed by atoms with Crippen molar-refractivity contribution in [3.63, 3.8) is 0 Å². The molecule has 0 radical (unpaired) electrons. The lowest BCUT2D eigenvalue weighted by Crippen LogP contribution is -2.31. The predicted octanol–water partition coefficient (Wildman–Crippen LogP) is 0.904. The van der Waals surface area contributed by atoms with E-state index in [1.807, 2.05) is 0 Å². The molecule has 25 heavy (non-hydrogen) atoms. The molecule has 2 aromatic carbocycles. The van der Waals surface area contributed by atoms with Crippen molar-refractivity contribution in [3.05, 3.63) is 59.2 Å². The van der Waals surface area contributed by atoms with Gasteiger partial charge in [0.25, 0.3) is 0 Å². The van der Waals surface area contributed by atoms with Crippen LogP contribution in [-0.4, -0.2) is 37.2 Å². The summed E-state index contributed by atoms with van der Waals surface area (Å²) in [4.78, 5) is 4.21. The van der Waals surface area contributed by atoms with Crippen molar-refractivity contribution in [1.82, 2.24) is 9.71 Å². The maximum atomic E-state index is 10.0. The number of para-hydroxylation sites is 2. The van der Waals surface area contributed by atoms with E-state index in [9.17, 15) is 15.4 Å². The van der Waals surface area contributed by atoms with Crippen LogP contribution in [0.1, 0.15) is 11.3 Å². The summed E-state index contributed by atoms with van der Waals surface area (Å²) in [6.45, 7) is 0. The van der Waals surface area contributed by atoms with Gasteiger partial charge in [0.1, 0.15) is 17.0 Å². The van der Waals surface area contributed by atoms with E-state index >= 15 is 0 Å². The van der Waals surface area contributed by atoms with Crippen molar-refractivity contribution < 1.29 is 15.4 Å². The third-order valence-corrected chi connectivity index (χ3v) is 3.40. The topological polar surface area (TPSA) is 153 Å². The zero-order valence-electron chi connectivity index (χ0n) is 12.8. The minimum absolute atomic E-state index is 0.0340. The van der Waals surface area contributed by atoms with Crippen LogP contribution < -0.4 is 11.2 Å². The van der Waals surface area contributed by atoms with Gasteiger partial charge in [-0.15, -0.1) is 5.10 Å². The van der Waals surface area contributed by atoms with E-state index in [4.69, 9.17) is 11.1 Å². The van der Waals surface area contributed by atoms with Crippen LogP contribution in [0.4, 0.5) is 0 Å². The summed E-state index contributed by atoms with van der Waals surface area (Å²) in [7, 11) is 0. The Bertz CT molecular complexity index is 1070. The quantitative estimate of drug-likeness (QED) is 0.208. The van der Waals surface area contributed by atoms with Gasteiger partial charge in [0.15, 0.2) is 17.0 Å². The van der Waals surface area contributed by atoms with Gasteiger partial charge in [-0.05, 0) is 24.3 Å². The number of nitrogens with two attached hydrogens (primary N) is 1. The van der Waals surface area contributed by atoms with Gasteiger partial charge in [-0.2, -0.15) is 9.83 Å². The summed E-state index contributed by atoms with van der Waals surface area (Å²) >= 11 is 0. The van der Waals surface area contributed by atoms with Gasteiger partial charge in [0.2, 0.25) is 0 Å². The van der Waals surface area contributed by atoms with Crippen molar-refractivity contribution >= 4 is 23.1 Å². The van der Waals surface area contributed by atoms with Crippen molar-refractivity contribution in [2.45, 2.75) is 0 Å². The molecule has 0 unspecified atom stereocenters. The van der Waals surface area contributed by atoms with E-state index in [2.05, 4.69) is 15.2 Å². The fourth-order valence-corrected chi connectivity index (χ4v) is 2.15. The molecule has 0 saturated heterocycles. The standard InChI is InChI=1S/C16H14N6O3/c17-15(21-19-8-9-5-6-10(23)7-13(9)24)14-16(18)22(25)12-4-2-1-3-11(12)20-14/h1-8,18,23-25H,(H2,17,21)/b18-16?,19-8+. The SMILES string of the molecule is N=c1c(C(N)=N/N=C/c2ccc(O)cc2O)nc2ccccc2n1O. The number of rotatable bonds is 3. The average molecular weight is 338 g/mol. The Hall–Kier alpha value is -3.88. The number of phenolic OH excluding ortho intramolecular Hbond substituents is 2. The molecule has 3 aromatic rings. The van der Waals surface area contributed by atoms with Crippen LogP contribution in [-0.2, 0) is 0 Å². The average Bonchev–Trinajstić information content (AvgIpc) is 2.60. The van der Waals surface area contributed by atoms with E-state index in [0.717, 1.165) is 6.07 Å². The number of hydrogen-bond acceptors (Lipinski definition) is 7. The maximum absolute atomic E-state index is 10.0. The first-order valence-electron chi connectivity index (χ1n) is 7.12. The Morgan fingerprint density at radius 1 is 1.20 bits per heavy atom. The van der Waals surface area contributed by atoms with E-state index in [1.165, 1.54) is 18.3 Å². The number of hydrogen-bond donors (Lipinski definition) is 5. The summed E-state index contributed by atoms with van der Waals surface area (Å²) in [5, 5.41) is 44.4. The van der Waals surface area contributed by atoms with Crippen LogP contribution in [0.2, 0.25) is 0 Å². The molecule has 1 aromatic heterocycles. The minimum atomic E-state index is -0.331. The Morgan fingerprint density at radius 3 is 2.72 bits per heavy atom. The van der Waals surface area contributed by atoms with Crippen molar-refractivity contribution in [3.8, 4) is 11.5 Å². The number of aromatic hydroxyl groups is 2. The van der Waals surface area contributed by atoms with Crippen LogP contribution >= 0.6 is 0 Å². The Kier molecular flexibility index (Phi) is 4.04. The van der Waals surface area contributed by atoms with Crippen LogP contribution in [0, 0.1) is 5.41 Å². The molecule has 0 aliphatic heterocycles. The molecule has 3 rings (SSSR count). The van der Waals surface area contributed by atoms with Gasteiger partial charge in [-0.1, -0.05) is 12.1 Å². The first-order chi connectivity index (χ1) is 12.0. The fourth-order valence-electron chi connectivity index (χ4n) is 2.15. The summed E-state index contributed by atoms with van der Waals surface area (Å²) in [6.07, 6.45) is 1.24. The number of benzene rings is 2.